The van der Waals surface area contributed by atoms with Crippen molar-refractivity contribution in [3.8, 4) is 6.07 Å². The summed E-state index contributed by atoms with van der Waals surface area (Å²) in [5.41, 5.74) is 1.22. The minimum Gasteiger partial charge on any atom is -0.206 e. The van der Waals surface area contributed by atoms with Gasteiger partial charge in [-0.25, -0.2) is 4.39 Å². The van der Waals surface area contributed by atoms with Gasteiger partial charge in [-0.2, -0.15) is 5.26 Å². The smallest absolute Gasteiger partial charge is 0.141 e. The fourth-order valence-corrected chi connectivity index (χ4v) is 5.36. The molecule has 0 spiro atoms. The van der Waals surface area contributed by atoms with Crippen molar-refractivity contribution in [1.82, 2.24) is 0 Å². The number of nitriles is 1. The molecule has 3 rings (SSSR count). The first-order valence-corrected chi connectivity index (χ1v) is 12.1. The van der Waals surface area contributed by atoms with Gasteiger partial charge in [0.25, 0.3) is 0 Å². The SMILES string of the molecule is CCCCCC[C@H]1CC[C@H](/C=C/[C@H]2CC[C@H](c3ccc(C#N)c(F)c3)CC2)CC1. The lowest BCUT2D eigenvalue weighted by Gasteiger charge is -2.29. The predicted molar refractivity (Wildman–Crippen MR) is 119 cm³/mol. The third-order valence-electron chi connectivity index (χ3n) is 7.37. The minimum absolute atomic E-state index is 0.154. The zero-order valence-electron chi connectivity index (χ0n) is 18.2. The molecule has 1 aromatic rings. The lowest BCUT2D eigenvalue weighted by Crippen LogP contribution is -2.15. The predicted octanol–water partition coefficient (Wildman–Crippen LogP) is 8.30. The molecule has 158 valence electrons. The van der Waals surface area contributed by atoms with Crippen molar-refractivity contribution in [2.75, 3.05) is 0 Å². The maximum absolute atomic E-state index is 13.9. The minimum atomic E-state index is -0.368. The molecule has 0 amide bonds. The van der Waals surface area contributed by atoms with Gasteiger partial charge >= 0.3 is 0 Å². The summed E-state index contributed by atoms with van der Waals surface area (Å²) in [6.45, 7) is 2.29. The Morgan fingerprint density at radius 1 is 0.931 bits per heavy atom. The van der Waals surface area contributed by atoms with E-state index in [-0.39, 0.29) is 11.4 Å². The summed E-state index contributed by atoms with van der Waals surface area (Å²) < 4.78 is 13.9. The van der Waals surface area contributed by atoms with Crippen molar-refractivity contribution in [3.05, 3.63) is 47.3 Å². The number of unbranched alkanes of at least 4 members (excludes halogenated alkanes) is 3. The molecule has 2 aliphatic carbocycles. The third kappa shape index (κ3) is 6.70. The van der Waals surface area contributed by atoms with Crippen LogP contribution in [-0.2, 0) is 0 Å². The fraction of sp³-hybridized carbons (Fsp3) is 0.667. The number of hydrogen-bond donors (Lipinski definition) is 0. The summed E-state index contributed by atoms with van der Waals surface area (Å²) in [6.07, 6.45) is 22.4. The van der Waals surface area contributed by atoms with Crippen molar-refractivity contribution >= 4 is 0 Å². The summed E-state index contributed by atoms with van der Waals surface area (Å²) in [5, 5.41) is 8.90. The van der Waals surface area contributed by atoms with Crippen LogP contribution in [0.1, 0.15) is 107 Å². The summed E-state index contributed by atoms with van der Waals surface area (Å²) >= 11 is 0. The molecule has 0 heterocycles. The fourth-order valence-electron chi connectivity index (χ4n) is 5.36. The van der Waals surface area contributed by atoms with Crippen LogP contribution >= 0.6 is 0 Å². The molecule has 1 nitrogen and oxygen atoms in total. The number of benzene rings is 1. The van der Waals surface area contributed by atoms with E-state index >= 15 is 0 Å². The van der Waals surface area contributed by atoms with Crippen LogP contribution in [0.25, 0.3) is 0 Å². The molecule has 0 unspecified atom stereocenters. The highest BCUT2D eigenvalue weighted by molar-refractivity contribution is 5.35. The third-order valence-corrected chi connectivity index (χ3v) is 7.37. The van der Waals surface area contributed by atoms with Gasteiger partial charge in [0.2, 0.25) is 0 Å². The van der Waals surface area contributed by atoms with Crippen LogP contribution in [0, 0.1) is 34.9 Å². The molecule has 1 aromatic carbocycles. The molecule has 0 bridgehead atoms. The first-order valence-electron chi connectivity index (χ1n) is 12.1. The van der Waals surface area contributed by atoms with Gasteiger partial charge in [0.15, 0.2) is 0 Å². The Kier molecular flexibility index (Phi) is 8.78. The first kappa shape index (κ1) is 22.1. The van der Waals surface area contributed by atoms with E-state index in [1.807, 2.05) is 12.1 Å². The summed E-state index contributed by atoms with van der Waals surface area (Å²) in [7, 11) is 0. The molecule has 2 heteroatoms. The van der Waals surface area contributed by atoms with E-state index in [9.17, 15) is 4.39 Å². The zero-order chi connectivity index (χ0) is 20.5. The van der Waals surface area contributed by atoms with E-state index in [0.29, 0.717) is 11.8 Å². The molecular weight excluding hydrogens is 357 g/mol. The van der Waals surface area contributed by atoms with Gasteiger partial charge in [0, 0.05) is 0 Å². The molecule has 0 atom stereocenters. The van der Waals surface area contributed by atoms with Crippen molar-refractivity contribution in [3.63, 3.8) is 0 Å². The highest BCUT2D eigenvalue weighted by atomic mass is 19.1. The van der Waals surface area contributed by atoms with Crippen LogP contribution in [-0.4, -0.2) is 0 Å². The summed E-state index contributed by atoms with van der Waals surface area (Å²) in [5.74, 6) is 2.56. The lowest BCUT2D eigenvalue weighted by atomic mass is 9.76. The normalized spacial score (nSPS) is 27.8. The van der Waals surface area contributed by atoms with Crippen LogP contribution in [0.15, 0.2) is 30.4 Å². The topological polar surface area (TPSA) is 23.8 Å². The standard InChI is InChI=1S/C27H38FN/c1-2-3-4-5-6-21-7-9-22(10-8-21)11-12-23-13-15-24(16-14-23)25-17-18-26(20-29)27(28)19-25/h11-12,17-19,21-24H,2-10,13-16H2,1H3/b12-11+/t21-,22-,23-,24-. The molecule has 2 aliphatic rings. The van der Waals surface area contributed by atoms with Crippen LogP contribution in [0.2, 0.25) is 0 Å². The van der Waals surface area contributed by atoms with E-state index in [1.165, 1.54) is 70.6 Å². The van der Waals surface area contributed by atoms with Crippen molar-refractivity contribution < 1.29 is 4.39 Å². The second kappa shape index (κ2) is 11.5. The molecule has 0 aromatic heterocycles. The zero-order valence-corrected chi connectivity index (χ0v) is 18.2. The quantitative estimate of drug-likeness (QED) is 0.321. The van der Waals surface area contributed by atoms with Gasteiger partial charge in [0.05, 0.1) is 5.56 Å². The molecule has 0 saturated heterocycles. The maximum Gasteiger partial charge on any atom is 0.141 e. The Morgan fingerprint density at radius 3 is 2.17 bits per heavy atom. The number of nitrogens with zero attached hydrogens (tertiary/aromatic N) is 1. The Bertz CT molecular complexity index is 685. The monoisotopic (exact) mass is 395 g/mol. The van der Waals surface area contributed by atoms with Crippen LogP contribution in [0.4, 0.5) is 4.39 Å². The van der Waals surface area contributed by atoms with E-state index in [2.05, 4.69) is 19.1 Å². The second-order valence-electron chi connectivity index (χ2n) is 9.48. The maximum atomic E-state index is 13.9. The Labute approximate surface area is 177 Å². The van der Waals surface area contributed by atoms with Gasteiger partial charge in [-0.1, -0.05) is 57.2 Å². The van der Waals surface area contributed by atoms with E-state index in [0.717, 1.165) is 30.2 Å². The molecule has 0 radical (unpaired) electrons. The van der Waals surface area contributed by atoms with Crippen LogP contribution in [0.5, 0.6) is 0 Å². The summed E-state index contributed by atoms with van der Waals surface area (Å²) in [6, 6.07) is 7.08. The van der Waals surface area contributed by atoms with Crippen molar-refractivity contribution in [2.24, 2.45) is 17.8 Å². The number of halogens is 1. The van der Waals surface area contributed by atoms with Gasteiger partial charge < -0.3 is 0 Å². The van der Waals surface area contributed by atoms with Crippen LogP contribution < -0.4 is 0 Å². The van der Waals surface area contributed by atoms with Gasteiger partial charge in [-0.3, -0.25) is 0 Å². The second-order valence-corrected chi connectivity index (χ2v) is 9.48. The largest absolute Gasteiger partial charge is 0.206 e. The molecule has 0 aliphatic heterocycles. The average Bonchev–Trinajstić information content (AvgIpc) is 2.76. The van der Waals surface area contributed by atoms with E-state index in [4.69, 9.17) is 5.26 Å². The molecule has 2 saturated carbocycles. The Morgan fingerprint density at radius 2 is 1.59 bits per heavy atom. The van der Waals surface area contributed by atoms with E-state index in [1.54, 1.807) is 12.1 Å². The molecular formula is C27H38FN. The highest BCUT2D eigenvalue weighted by Crippen LogP contribution is 2.38. The van der Waals surface area contributed by atoms with Crippen molar-refractivity contribution in [2.45, 2.75) is 96.3 Å². The van der Waals surface area contributed by atoms with Gasteiger partial charge in [0.1, 0.15) is 11.9 Å². The Hall–Kier alpha value is -1.62. The average molecular weight is 396 g/mol. The number of rotatable bonds is 8. The molecule has 0 N–H and O–H groups in total. The van der Waals surface area contributed by atoms with Gasteiger partial charge in [-0.15, -0.1) is 0 Å². The number of hydrogen-bond acceptors (Lipinski definition) is 1. The van der Waals surface area contributed by atoms with Gasteiger partial charge in [-0.05, 0) is 92.7 Å². The molecule has 2 fully saturated rings. The first-order chi connectivity index (χ1) is 14.2. The highest BCUT2D eigenvalue weighted by Gasteiger charge is 2.23. The van der Waals surface area contributed by atoms with Crippen molar-refractivity contribution in [1.29, 1.82) is 5.26 Å². The van der Waals surface area contributed by atoms with Crippen LogP contribution in [0.3, 0.4) is 0 Å². The lowest BCUT2D eigenvalue weighted by molar-refractivity contribution is 0.287. The molecule has 29 heavy (non-hydrogen) atoms. The summed E-state index contributed by atoms with van der Waals surface area (Å²) in [4.78, 5) is 0. The Balaban J connectivity index is 1.37. The number of allylic oxidation sites excluding steroid dienone is 2. The van der Waals surface area contributed by atoms with E-state index < -0.39 is 0 Å².